The maximum atomic E-state index is 11.9. The van der Waals surface area contributed by atoms with E-state index in [-0.39, 0.29) is 5.91 Å². The molecule has 1 atom stereocenters. The summed E-state index contributed by atoms with van der Waals surface area (Å²) in [5.74, 6) is 0.827. The minimum absolute atomic E-state index is 0.342. The van der Waals surface area contributed by atoms with Crippen molar-refractivity contribution in [1.29, 1.82) is 0 Å². The molecule has 1 N–H and O–H groups in total. The topological polar surface area (TPSA) is 63.8 Å². The summed E-state index contributed by atoms with van der Waals surface area (Å²) in [6, 6.07) is 9.13. The molecule has 1 amide bonds. The number of nitrogens with zero attached hydrogens (tertiary/aromatic N) is 1. The zero-order valence-corrected chi connectivity index (χ0v) is 13.3. The van der Waals surface area contributed by atoms with Crippen LogP contribution in [0.25, 0.3) is 0 Å². The first-order valence-electron chi connectivity index (χ1n) is 6.35. The number of nitrogens with one attached hydrogen (secondary N) is 1. The molecule has 0 saturated heterocycles. The second kappa shape index (κ2) is 7.08. The van der Waals surface area contributed by atoms with E-state index in [9.17, 15) is 4.79 Å². The molecular weight excluding hydrogens is 336 g/mol. The van der Waals surface area contributed by atoms with Gasteiger partial charge in [0.1, 0.15) is 11.5 Å². The highest BCUT2D eigenvalue weighted by Gasteiger charge is 2.15. The number of aryl methyl sites for hydroxylation is 1. The SMILES string of the molecule is Cc1ccc(OC(C)C(=O)N/N=C/c2ccco2)c(Br)c1. The van der Waals surface area contributed by atoms with Gasteiger partial charge in [0.2, 0.25) is 0 Å². The third kappa shape index (κ3) is 4.46. The van der Waals surface area contributed by atoms with Gasteiger partial charge in [-0.15, -0.1) is 0 Å². The Bertz CT molecular complexity index is 638. The van der Waals surface area contributed by atoms with Gasteiger partial charge in [0.15, 0.2) is 6.10 Å². The number of hydrogen-bond acceptors (Lipinski definition) is 4. The number of hydrazone groups is 1. The summed E-state index contributed by atoms with van der Waals surface area (Å²) in [4.78, 5) is 11.9. The average molecular weight is 351 g/mol. The van der Waals surface area contributed by atoms with Gasteiger partial charge in [-0.3, -0.25) is 4.79 Å². The van der Waals surface area contributed by atoms with Crippen molar-refractivity contribution < 1.29 is 13.9 Å². The molecule has 2 aromatic rings. The van der Waals surface area contributed by atoms with Crippen molar-refractivity contribution in [3.8, 4) is 5.75 Å². The molecule has 6 heteroatoms. The van der Waals surface area contributed by atoms with E-state index in [1.54, 1.807) is 19.1 Å². The molecule has 1 heterocycles. The Hall–Kier alpha value is -2.08. The van der Waals surface area contributed by atoms with Crippen molar-refractivity contribution in [1.82, 2.24) is 5.43 Å². The van der Waals surface area contributed by atoms with Crippen molar-refractivity contribution in [2.24, 2.45) is 5.10 Å². The van der Waals surface area contributed by atoms with Crippen LogP contribution in [0.5, 0.6) is 5.75 Å². The summed E-state index contributed by atoms with van der Waals surface area (Å²) in [5.41, 5.74) is 3.51. The van der Waals surface area contributed by atoms with Crippen LogP contribution in [0, 0.1) is 6.92 Å². The van der Waals surface area contributed by atoms with Gasteiger partial charge < -0.3 is 9.15 Å². The molecule has 21 heavy (non-hydrogen) atoms. The monoisotopic (exact) mass is 350 g/mol. The summed E-state index contributed by atoms with van der Waals surface area (Å²) in [7, 11) is 0. The van der Waals surface area contributed by atoms with E-state index < -0.39 is 6.10 Å². The number of halogens is 1. The van der Waals surface area contributed by atoms with Crippen molar-refractivity contribution in [2.45, 2.75) is 20.0 Å². The summed E-state index contributed by atoms with van der Waals surface area (Å²) >= 11 is 3.40. The van der Waals surface area contributed by atoms with Crippen molar-refractivity contribution >= 4 is 28.1 Å². The summed E-state index contributed by atoms with van der Waals surface area (Å²) in [5, 5.41) is 3.80. The second-order valence-electron chi connectivity index (χ2n) is 4.44. The zero-order chi connectivity index (χ0) is 15.2. The Morgan fingerprint density at radius 2 is 2.29 bits per heavy atom. The normalized spacial score (nSPS) is 12.3. The molecular formula is C15H15BrN2O3. The molecule has 0 aliphatic rings. The van der Waals surface area contributed by atoms with E-state index in [0.717, 1.165) is 10.0 Å². The number of carbonyl (C=O) groups excluding carboxylic acids is 1. The molecule has 0 radical (unpaired) electrons. The predicted octanol–water partition coefficient (Wildman–Crippen LogP) is 3.27. The molecule has 0 aliphatic heterocycles. The standard InChI is InChI=1S/C15H15BrN2O3/c1-10-5-6-14(13(16)8-10)21-11(2)15(19)18-17-9-12-4-3-7-20-12/h3-9,11H,1-2H3,(H,18,19)/b17-9+. The van der Waals surface area contributed by atoms with E-state index in [0.29, 0.717) is 11.5 Å². The quantitative estimate of drug-likeness (QED) is 0.664. The van der Waals surface area contributed by atoms with Gasteiger partial charge in [0.25, 0.3) is 5.91 Å². The first kappa shape index (κ1) is 15.3. The van der Waals surface area contributed by atoms with Crippen LogP contribution in [-0.4, -0.2) is 18.2 Å². The molecule has 5 nitrogen and oxygen atoms in total. The lowest BCUT2D eigenvalue weighted by Crippen LogP contribution is -2.33. The lowest BCUT2D eigenvalue weighted by Gasteiger charge is -2.14. The minimum Gasteiger partial charge on any atom is -0.480 e. The summed E-state index contributed by atoms with van der Waals surface area (Å²) < 4.78 is 11.5. The van der Waals surface area contributed by atoms with Crippen LogP contribution in [0.15, 0.2) is 50.6 Å². The Kier molecular flexibility index (Phi) is 5.16. The Morgan fingerprint density at radius 1 is 1.48 bits per heavy atom. The third-order valence-corrected chi connectivity index (χ3v) is 3.29. The van der Waals surface area contributed by atoms with Gasteiger partial charge in [-0.2, -0.15) is 5.10 Å². The highest BCUT2D eigenvalue weighted by atomic mass is 79.9. The Balaban J connectivity index is 1.90. The van der Waals surface area contributed by atoms with E-state index in [1.807, 2.05) is 25.1 Å². The fourth-order valence-electron chi connectivity index (χ4n) is 1.56. The smallest absolute Gasteiger partial charge is 0.280 e. The van der Waals surface area contributed by atoms with E-state index in [4.69, 9.17) is 9.15 Å². The molecule has 0 aliphatic carbocycles. The van der Waals surface area contributed by atoms with Crippen LogP contribution in [0.3, 0.4) is 0 Å². The maximum Gasteiger partial charge on any atom is 0.280 e. The number of amides is 1. The summed E-state index contributed by atoms with van der Waals surface area (Å²) in [6.45, 7) is 3.64. The van der Waals surface area contributed by atoms with Crippen LogP contribution in [0.4, 0.5) is 0 Å². The molecule has 0 saturated carbocycles. The lowest BCUT2D eigenvalue weighted by molar-refractivity contribution is -0.127. The van der Waals surface area contributed by atoms with Crippen LogP contribution < -0.4 is 10.2 Å². The second-order valence-corrected chi connectivity index (χ2v) is 5.30. The number of furan rings is 1. The van der Waals surface area contributed by atoms with Crippen molar-refractivity contribution in [3.05, 3.63) is 52.4 Å². The number of benzene rings is 1. The Labute approximate surface area is 131 Å². The third-order valence-electron chi connectivity index (χ3n) is 2.67. The zero-order valence-electron chi connectivity index (χ0n) is 11.7. The lowest BCUT2D eigenvalue weighted by atomic mass is 10.2. The minimum atomic E-state index is -0.669. The number of carbonyl (C=O) groups is 1. The molecule has 0 bridgehead atoms. The van der Waals surface area contributed by atoms with Gasteiger partial charge in [-0.1, -0.05) is 6.07 Å². The first-order chi connectivity index (χ1) is 10.1. The Morgan fingerprint density at radius 3 is 2.95 bits per heavy atom. The predicted molar refractivity (Wildman–Crippen MR) is 83.4 cm³/mol. The molecule has 0 fully saturated rings. The molecule has 1 aromatic heterocycles. The van der Waals surface area contributed by atoms with Gasteiger partial charge >= 0.3 is 0 Å². The fraction of sp³-hybridized carbons (Fsp3) is 0.200. The van der Waals surface area contributed by atoms with E-state index >= 15 is 0 Å². The number of rotatable bonds is 5. The highest BCUT2D eigenvalue weighted by Crippen LogP contribution is 2.26. The first-order valence-corrected chi connectivity index (χ1v) is 7.15. The highest BCUT2D eigenvalue weighted by molar-refractivity contribution is 9.10. The van der Waals surface area contributed by atoms with Crippen molar-refractivity contribution in [2.75, 3.05) is 0 Å². The number of hydrogen-bond donors (Lipinski definition) is 1. The van der Waals surface area contributed by atoms with Crippen molar-refractivity contribution in [3.63, 3.8) is 0 Å². The van der Waals surface area contributed by atoms with E-state index in [2.05, 4.69) is 26.5 Å². The molecule has 2 rings (SSSR count). The van der Waals surface area contributed by atoms with Gasteiger partial charge in [-0.05, 0) is 59.6 Å². The van der Waals surface area contributed by atoms with Gasteiger partial charge in [0, 0.05) is 0 Å². The van der Waals surface area contributed by atoms with Crippen LogP contribution in [0.1, 0.15) is 18.2 Å². The average Bonchev–Trinajstić information content (AvgIpc) is 2.95. The summed E-state index contributed by atoms with van der Waals surface area (Å²) in [6.07, 6.45) is 2.29. The fourth-order valence-corrected chi connectivity index (χ4v) is 2.15. The van der Waals surface area contributed by atoms with Gasteiger partial charge in [0.05, 0.1) is 17.0 Å². The number of ether oxygens (including phenoxy) is 1. The molecule has 110 valence electrons. The van der Waals surface area contributed by atoms with Gasteiger partial charge in [-0.25, -0.2) is 5.43 Å². The molecule has 0 spiro atoms. The molecule has 1 unspecified atom stereocenters. The largest absolute Gasteiger partial charge is 0.480 e. The molecule has 1 aromatic carbocycles. The van der Waals surface area contributed by atoms with Crippen LogP contribution in [-0.2, 0) is 4.79 Å². The maximum absolute atomic E-state index is 11.9. The van der Waals surface area contributed by atoms with E-state index in [1.165, 1.54) is 12.5 Å². The van der Waals surface area contributed by atoms with Crippen LogP contribution in [0.2, 0.25) is 0 Å². The van der Waals surface area contributed by atoms with Crippen LogP contribution >= 0.6 is 15.9 Å².